The van der Waals surface area contributed by atoms with Gasteiger partial charge in [-0.15, -0.1) is 0 Å². The molecule has 1 atom stereocenters. The molecule has 2 N–H and O–H groups in total. The van der Waals surface area contributed by atoms with Crippen molar-refractivity contribution in [1.82, 2.24) is 0 Å². The Bertz CT molecular complexity index is 354. The van der Waals surface area contributed by atoms with Crippen LogP contribution >= 0.6 is 15.9 Å². The third-order valence-corrected chi connectivity index (χ3v) is 3.02. The third-order valence-electron chi connectivity index (χ3n) is 2.33. The van der Waals surface area contributed by atoms with Crippen LogP contribution in [0, 0.1) is 0 Å². The molecule has 1 unspecified atom stereocenters. The summed E-state index contributed by atoms with van der Waals surface area (Å²) in [7, 11) is 0. The Morgan fingerprint density at radius 1 is 1.43 bits per heavy atom. The summed E-state index contributed by atoms with van der Waals surface area (Å²) in [6, 6.07) is 3.90. The van der Waals surface area contributed by atoms with Crippen molar-refractivity contribution >= 4 is 15.9 Å². The monoisotopic (exact) mass is 257 g/mol. The zero-order valence-electron chi connectivity index (χ0n) is 7.92. The van der Waals surface area contributed by atoms with Gasteiger partial charge in [0.2, 0.25) is 6.79 Å². The quantitative estimate of drug-likeness (QED) is 0.886. The van der Waals surface area contributed by atoms with Crippen LogP contribution in [0.1, 0.15) is 24.9 Å². The topological polar surface area (TPSA) is 44.5 Å². The molecule has 0 aromatic heterocycles. The average molecular weight is 258 g/mol. The number of hydrogen-bond acceptors (Lipinski definition) is 3. The first kappa shape index (κ1) is 9.80. The maximum atomic E-state index is 5.96. The van der Waals surface area contributed by atoms with Crippen LogP contribution in [0.2, 0.25) is 0 Å². The number of nitrogens with two attached hydrogens (primary N) is 1. The molecule has 0 aliphatic carbocycles. The molecule has 1 aromatic rings. The van der Waals surface area contributed by atoms with Crippen LogP contribution in [0.4, 0.5) is 0 Å². The summed E-state index contributed by atoms with van der Waals surface area (Å²) in [4.78, 5) is 0. The molecule has 14 heavy (non-hydrogen) atoms. The molecule has 0 radical (unpaired) electrons. The van der Waals surface area contributed by atoms with Gasteiger partial charge in [0.15, 0.2) is 11.5 Å². The molecule has 0 amide bonds. The lowest BCUT2D eigenvalue weighted by atomic mass is 10.1. The first-order chi connectivity index (χ1) is 6.72. The van der Waals surface area contributed by atoms with Gasteiger partial charge in [-0.1, -0.05) is 22.9 Å². The summed E-state index contributed by atoms with van der Waals surface area (Å²) in [5.41, 5.74) is 7.03. The fourth-order valence-corrected chi connectivity index (χ4v) is 2.05. The fourth-order valence-electron chi connectivity index (χ4n) is 1.44. The van der Waals surface area contributed by atoms with E-state index in [2.05, 4.69) is 22.9 Å². The second kappa shape index (κ2) is 3.79. The molecule has 0 bridgehead atoms. The van der Waals surface area contributed by atoms with Crippen molar-refractivity contribution in [2.75, 3.05) is 6.79 Å². The average Bonchev–Trinajstić information content (AvgIpc) is 2.62. The summed E-state index contributed by atoms with van der Waals surface area (Å²) in [5.74, 6) is 1.57. The van der Waals surface area contributed by atoms with Crippen LogP contribution in [0.25, 0.3) is 0 Å². The van der Waals surface area contributed by atoms with Gasteiger partial charge < -0.3 is 15.2 Å². The highest BCUT2D eigenvalue weighted by atomic mass is 79.9. The maximum absolute atomic E-state index is 5.96. The van der Waals surface area contributed by atoms with Gasteiger partial charge >= 0.3 is 0 Å². The van der Waals surface area contributed by atoms with E-state index >= 15 is 0 Å². The van der Waals surface area contributed by atoms with Gasteiger partial charge in [0.1, 0.15) is 0 Å². The number of halogens is 1. The largest absolute Gasteiger partial charge is 0.454 e. The minimum absolute atomic E-state index is 0.0406. The van der Waals surface area contributed by atoms with Gasteiger partial charge in [-0.25, -0.2) is 0 Å². The summed E-state index contributed by atoms with van der Waals surface area (Å²) < 4.78 is 11.5. The highest BCUT2D eigenvalue weighted by Crippen LogP contribution is 2.38. The highest BCUT2D eigenvalue weighted by Gasteiger charge is 2.18. The number of ether oxygens (including phenoxy) is 2. The molecule has 1 aromatic carbocycles. The minimum atomic E-state index is 0.0406. The zero-order valence-corrected chi connectivity index (χ0v) is 9.50. The van der Waals surface area contributed by atoms with E-state index in [9.17, 15) is 0 Å². The molecule has 1 aliphatic heterocycles. The number of benzene rings is 1. The number of hydrogen-bond donors (Lipinski definition) is 1. The van der Waals surface area contributed by atoms with E-state index in [0.29, 0.717) is 6.79 Å². The van der Waals surface area contributed by atoms with E-state index in [4.69, 9.17) is 15.2 Å². The van der Waals surface area contributed by atoms with E-state index in [1.54, 1.807) is 0 Å². The standard InChI is InChI=1S/C10H12BrNO2/c1-2-8(12)6-3-9-10(4-7(6)11)14-5-13-9/h3-4,8H,2,5,12H2,1H3. The van der Waals surface area contributed by atoms with Crippen LogP contribution in [-0.4, -0.2) is 6.79 Å². The van der Waals surface area contributed by atoms with Crippen molar-refractivity contribution in [3.8, 4) is 11.5 Å². The molecule has 76 valence electrons. The van der Waals surface area contributed by atoms with Crippen molar-refractivity contribution < 1.29 is 9.47 Å². The number of fused-ring (bicyclic) bond motifs is 1. The molecular weight excluding hydrogens is 246 g/mol. The molecule has 0 saturated heterocycles. The molecule has 0 fully saturated rings. The smallest absolute Gasteiger partial charge is 0.231 e. The summed E-state index contributed by atoms with van der Waals surface area (Å²) in [6.07, 6.45) is 0.901. The lowest BCUT2D eigenvalue weighted by Gasteiger charge is -2.12. The van der Waals surface area contributed by atoms with Crippen molar-refractivity contribution in [2.24, 2.45) is 5.73 Å². The second-order valence-electron chi connectivity index (χ2n) is 3.24. The summed E-state index contributed by atoms with van der Waals surface area (Å²) in [6.45, 7) is 2.36. The molecule has 1 heterocycles. The lowest BCUT2D eigenvalue weighted by molar-refractivity contribution is 0.174. The molecule has 0 saturated carbocycles. The van der Waals surface area contributed by atoms with Crippen LogP contribution in [0.5, 0.6) is 11.5 Å². The molecule has 4 heteroatoms. The Labute approximate surface area is 91.3 Å². The minimum Gasteiger partial charge on any atom is -0.454 e. The van der Waals surface area contributed by atoms with Crippen LogP contribution in [0.3, 0.4) is 0 Å². The molecule has 3 nitrogen and oxygen atoms in total. The van der Waals surface area contributed by atoms with Crippen molar-refractivity contribution in [1.29, 1.82) is 0 Å². The van der Waals surface area contributed by atoms with E-state index in [0.717, 1.165) is 28.0 Å². The van der Waals surface area contributed by atoms with Crippen LogP contribution in [0.15, 0.2) is 16.6 Å². The van der Waals surface area contributed by atoms with E-state index in [1.807, 2.05) is 12.1 Å². The number of rotatable bonds is 2. The van der Waals surface area contributed by atoms with Gasteiger partial charge in [-0.2, -0.15) is 0 Å². The van der Waals surface area contributed by atoms with Crippen molar-refractivity contribution in [3.63, 3.8) is 0 Å². The molecule has 0 spiro atoms. The van der Waals surface area contributed by atoms with E-state index in [1.165, 1.54) is 0 Å². The molecule has 2 rings (SSSR count). The van der Waals surface area contributed by atoms with Gasteiger partial charge in [0.25, 0.3) is 0 Å². The summed E-state index contributed by atoms with van der Waals surface area (Å²) in [5, 5.41) is 0. The van der Waals surface area contributed by atoms with Gasteiger partial charge in [-0.05, 0) is 24.1 Å². The Hall–Kier alpha value is -0.740. The van der Waals surface area contributed by atoms with E-state index in [-0.39, 0.29) is 6.04 Å². The van der Waals surface area contributed by atoms with E-state index < -0.39 is 0 Å². The van der Waals surface area contributed by atoms with Gasteiger partial charge in [-0.3, -0.25) is 0 Å². The SMILES string of the molecule is CCC(N)c1cc2c(cc1Br)OCO2. The van der Waals surface area contributed by atoms with Gasteiger partial charge in [0.05, 0.1) is 0 Å². The Morgan fingerprint density at radius 2 is 2.07 bits per heavy atom. The Balaban J connectivity index is 2.42. The van der Waals surface area contributed by atoms with Crippen molar-refractivity contribution in [2.45, 2.75) is 19.4 Å². The Morgan fingerprint density at radius 3 is 2.71 bits per heavy atom. The zero-order chi connectivity index (χ0) is 10.1. The molecular formula is C10H12BrNO2. The fraction of sp³-hybridized carbons (Fsp3) is 0.400. The normalized spacial score (nSPS) is 15.6. The molecule has 1 aliphatic rings. The predicted molar refractivity (Wildman–Crippen MR) is 57.5 cm³/mol. The first-order valence-electron chi connectivity index (χ1n) is 4.57. The maximum Gasteiger partial charge on any atom is 0.231 e. The summed E-state index contributed by atoms with van der Waals surface area (Å²) >= 11 is 3.48. The third kappa shape index (κ3) is 1.60. The predicted octanol–water partition coefficient (Wildman–Crippen LogP) is 2.59. The van der Waals surface area contributed by atoms with Crippen molar-refractivity contribution in [3.05, 3.63) is 22.2 Å². The van der Waals surface area contributed by atoms with Crippen LogP contribution in [-0.2, 0) is 0 Å². The Kier molecular flexibility index (Phi) is 2.65. The van der Waals surface area contributed by atoms with Gasteiger partial charge in [0, 0.05) is 10.5 Å². The highest BCUT2D eigenvalue weighted by molar-refractivity contribution is 9.10. The first-order valence-corrected chi connectivity index (χ1v) is 5.36. The lowest BCUT2D eigenvalue weighted by Crippen LogP contribution is -2.09. The second-order valence-corrected chi connectivity index (χ2v) is 4.10. The van der Waals surface area contributed by atoms with Crippen LogP contribution < -0.4 is 15.2 Å².